The first-order valence-electron chi connectivity index (χ1n) is 10.1. The molecular weight excluding hydrogens is 316 g/mol. The zero-order valence-electron chi connectivity index (χ0n) is 15.9. The van der Waals surface area contributed by atoms with E-state index in [1.54, 1.807) is 0 Å². The van der Waals surface area contributed by atoms with Crippen LogP contribution in [0.4, 0.5) is 0 Å². The monoisotopic (exact) mass is 350 g/mol. The van der Waals surface area contributed by atoms with Gasteiger partial charge in [0.25, 0.3) is 0 Å². The maximum absolute atomic E-state index is 12.4. The van der Waals surface area contributed by atoms with Gasteiger partial charge in [0.05, 0.1) is 19.3 Å². The Morgan fingerprint density at radius 3 is 2.84 bits per heavy atom. The van der Waals surface area contributed by atoms with E-state index in [1.165, 1.54) is 26.4 Å². The summed E-state index contributed by atoms with van der Waals surface area (Å²) in [7, 11) is 1.42. The summed E-state index contributed by atoms with van der Waals surface area (Å²) in [6, 6.07) is 0. The predicted molar refractivity (Wildman–Crippen MR) is 98.3 cm³/mol. The van der Waals surface area contributed by atoms with Crippen LogP contribution >= 0.6 is 0 Å². The largest absolute Gasteiger partial charge is 0.469 e. The molecule has 4 atom stereocenters. The average molecular weight is 350 g/mol. The third-order valence-electron chi connectivity index (χ3n) is 5.67. The SMILES string of the molecule is CCCCCC1CCC2C(CC(=O)C2CC=CCCCC(=O)OC)O1. The van der Waals surface area contributed by atoms with Crippen LogP contribution in [0.15, 0.2) is 12.2 Å². The van der Waals surface area contributed by atoms with Crippen molar-refractivity contribution in [3.8, 4) is 0 Å². The van der Waals surface area contributed by atoms with E-state index in [0.29, 0.717) is 30.6 Å². The summed E-state index contributed by atoms with van der Waals surface area (Å²) in [6.45, 7) is 2.22. The number of esters is 1. The van der Waals surface area contributed by atoms with Crippen LogP contribution in [0.3, 0.4) is 0 Å². The molecule has 2 aliphatic rings. The Morgan fingerprint density at radius 2 is 2.08 bits per heavy atom. The van der Waals surface area contributed by atoms with Gasteiger partial charge in [0.1, 0.15) is 5.78 Å². The molecule has 0 aromatic rings. The van der Waals surface area contributed by atoms with Gasteiger partial charge in [0.15, 0.2) is 0 Å². The van der Waals surface area contributed by atoms with Crippen molar-refractivity contribution in [1.82, 2.24) is 0 Å². The van der Waals surface area contributed by atoms with Crippen LogP contribution < -0.4 is 0 Å². The van der Waals surface area contributed by atoms with Crippen LogP contribution in [0.25, 0.3) is 0 Å². The van der Waals surface area contributed by atoms with Crippen LogP contribution in [0.5, 0.6) is 0 Å². The molecule has 0 aromatic heterocycles. The minimum Gasteiger partial charge on any atom is -0.469 e. The van der Waals surface area contributed by atoms with Gasteiger partial charge in [-0.05, 0) is 44.4 Å². The fourth-order valence-electron chi connectivity index (χ4n) is 4.20. The second kappa shape index (κ2) is 10.7. The molecule has 2 rings (SSSR count). The molecule has 0 bridgehead atoms. The van der Waals surface area contributed by atoms with Crippen molar-refractivity contribution in [1.29, 1.82) is 0 Å². The van der Waals surface area contributed by atoms with Gasteiger partial charge in [0.2, 0.25) is 0 Å². The molecule has 1 aliphatic carbocycles. The molecule has 0 spiro atoms. The molecule has 1 aliphatic heterocycles. The number of hydrogen-bond donors (Lipinski definition) is 0. The van der Waals surface area contributed by atoms with E-state index in [1.807, 2.05) is 0 Å². The lowest BCUT2D eigenvalue weighted by molar-refractivity contribution is -0.140. The lowest BCUT2D eigenvalue weighted by Gasteiger charge is -2.34. The van der Waals surface area contributed by atoms with Gasteiger partial charge in [-0.15, -0.1) is 0 Å². The van der Waals surface area contributed by atoms with E-state index < -0.39 is 0 Å². The predicted octanol–water partition coefficient (Wildman–Crippen LogP) is 4.61. The Bertz CT molecular complexity index is 457. The van der Waals surface area contributed by atoms with E-state index in [9.17, 15) is 9.59 Å². The third-order valence-corrected chi connectivity index (χ3v) is 5.67. The highest BCUT2D eigenvalue weighted by Crippen LogP contribution is 2.42. The Kier molecular flexibility index (Phi) is 8.66. The first-order valence-corrected chi connectivity index (χ1v) is 10.1. The summed E-state index contributed by atoms with van der Waals surface area (Å²) in [5.41, 5.74) is 0. The quantitative estimate of drug-likeness (QED) is 0.328. The van der Waals surface area contributed by atoms with Crippen molar-refractivity contribution in [2.75, 3.05) is 7.11 Å². The molecule has 4 unspecified atom stereocenters. The number of hydrogen-bond acceptors (Lipinski definition) is 4. The van der Waals surface area contributed by atoms with Gasteiger partial charge in [-0.3, -0.25) is 9.59 Å². The second-order valence-electron chi connectivity index (χ2n) is 7.49. The van der Waals surface area contributed by atoms with Gasteiger partial charge < -0.3 is 9.47 Å². The van der Waals surface area contributed by atoms with Crippen molar-refractivity contribution in [3.63, 3.8) is 0 Å². The van der Waals surface area contributed by atoms with E-state index in [2.05, 4.69) is 23.8 Å². The van der Waals surface area contributed by atoms with Crippen molar-refractivity contribution in [2.45, 2.75) is 89.8 Å². The van der Waals surface area contributed by atoms with E-state index >= 15 is 0 Å². The summed E-state index contributed by atoms with van der Waals surface area (Å²) in [5, 5.41) is 0. The smallest absolute Gasteiger partial charge is 0.305 e. The van der Waals surface area contributed by atoms with E-state index in [0.717, 1.165) is 38.5 Å². The minimum atomic E-state index is -0.157. The number of methoxy groups -OCH3 is 1. The van der Waals surface area contributed by atoms with Gasteiger partial charge in [-0.2, -0.15) is 0 Å². The minimum absolute atomic E-state index is 0.137. The standard InChI is InChI=1S/C21H34O4/c1-3-4-7-10-16-13-14-18-17(19(22)15-20(18)25-16)11-8-5-6-9-12-21(23)24-2/h5,8,16-18,20H,3-4,6-7,9-15H2,1-2H3. The Morgan fingerprint density at radius 1 is 1.24 bits per heavy atom. The third kappa shape index (κ3) is 6.25. The van der Waals surface area contributed by atoms with Crippen molar-refractivity contribution < 1.29 is 19.1 Å². The van der Waals surface area contributed by atoms with Crippen molar-refractivity contribution in [2.24, 2.45) is 11.8 Å². The van der Waals surface area contributed by atoms with Gasteiger partial charge in [-0.1, -0.05) is 38.3 Å². The second-order valence-corrected chi connectivity index (χ2v) is 7.49. The van der Waals surface area contributed by atoms with Crippen molar-refractivity contribution in [3.05, 3.63) is 12.2 Å². The molecule has 0 N–H and O–H groups in total. The molecule has 4 heteroatoms. The number of ketones is 1. The molecule has 0 amide bonds. The number of allylic oxidation sites excluding steroid dienone is 2. The Hall–Kier alpha value is -1.16. The van der Waals surface area contributed by atoms with Gasteiger partial charge in [-0.25, -0.2) is 0 Å². The number of carbonyl (C=O) groups excluding carboxylic acids is 2. The highest BCUT2D eigenvalue weighted by Gasteiger charge is 2.45. The number of ether oxygens (including phenoxy) is 2. The lowest BCUT2D eigenvalue weighted by atomic mass is 9.84. The molecule has 4 nitrogen and oxygen atoms in total. The molecule has 1 saturated carbocycles. The Labute approximate surface area is 152 Å². The number of carbonyl (C=O) groups is 2. The summed E-state index contributed by atoms with van der Waals surface area (Å²) < 4.78 is 10.9. The van der Waals surface area contributed by atoms with Crippen LogP contribution in [0, 0.1) is 11.8 Å². The van der Waals surface area contributed by atoms with Crippen LogP contribution in [0.1, 0.15) is 77.6 Å². The van der Waals surface area contributed by atoms with Gasteiger partial charge in [0, 0.05) is 18.8 Å². The highest BCUT2D eigenvalue weighted by atomic mass is 16.5. The molecule has 1 heterocycles. The fraction of sp³-hybridized carbons (Fsp3) is 0.810. The maximum atomic E-state index is 12.4. The van der Waals surface area contributed by atoms with Crippen molar-refractivity contribution >= 4 is 11.8 Å². The molecule has 2 fully saturated rings. The Balaban J connectivity index is 1.71. The van der Waals surface area contributed by atoms with E-state index in [4.69, 9.17) is 4.74 Å². The zero-order valence-corrected chi connectivity index (χ0v) is 15.9. The zero-order chi connectivity index (χ0) is 18.1. The number of unbranched alkanes of at least 4 members (excludes halogenated alkanes) is 3. The average Bonchev–Trinajstić information content (AvgIpc) is 2.92. The number of rotatable bonds is 10. The van der Waals surface area contributed by atoms with Crippen LogP contribution in [-0.4, -0.2) is 31.1 Å². The molecule has 0 radical (unpaired) electrons. The van der Waals surface area contributed by atoms with Crippen LogP contribution in [0.2, 0.25) is 0 Å². The molecular formula is C21H34O4. The van der Waals surface area contributed by atoms with Gasteiger partial charge >= 0.3 is 5.97 Å². The highest BCUT2D eigenvalue weighted by molar-refractivity contribution is 5.84. The first kappa shape index (κ1) is 20.2. The fourth-order valence-corrected chi connectivity index (χ4v) is 4.20. The van der Waals surface area contributed by atoms with Crippen LogP contribution in [-0.2, 0) is 19.1 Å². The lowest BCUT2D eigenvalue weighted by Crippen LogP contribution is -2.33. The molecule has 142 valence electrons. The maximum Gasteiger partial charge on any atom is 0.305 e. The number of fused-ring (bicyclic) bond motifs is 1. The summed E-state index contributed by atoms with van der Waals surface area (Å²) in [5.74, 6) is 0.770. The normalized spacial score (nSPS) is 29.1. The summed E-state index contributed by atoms with van der Waals surface area (Å²) in [6.07, 6.45) is 15.4. The number of Topliss-reactive ketones (excluding diaryl/α,β-unsaturated/α-hetero) is 1. The summed E-state index contributed by atoms with van der Waals surface area (Å²) >= 11 is 0. The molecule has 1 saturated heterocycles. The topological polar surface area (TPSA) is 52.6 Å². The molecule has 25 heavy (non-hydrogen) atoms. The summed E-state index contributed by atoms with van der Waals surface area (Å²) in [4.78, 5) is 23.4. The molecule has 0 aromatic carbocycles. The van der Waals surface area contributed by atoms with E-state index in [-0.39, 0.29) is 18.0 Å². The first-order chi connectivity index (χ1) is 12.2.